The van der Waals surface area contributed by atoms with Crippen LogP contribution < -0.4 is 9.64 Å². The lowest BCUT2D eigenvalue weighted by Crippen LogP contribution is -2.49. The Morgan fingerprint density at radius 1 is 0.750 bits per heavy atom. The fourth-order valence-electron chi connectivity index (χ4n) is 4.94. The number of anilines is 1. The number of methoxy groups -OCH3 is 1. The number of β-amino-alcohol motifs (C(OH)–C–C–N with tert-alkyl or cyclic N) is 1. The Labute approximate surface area is 213 Å². The lowest BCUT2D eigenvalue weighted by atomic mass is 9.98. The topological polar surface area (TPSA) is 45.2 Å². The molecule has 4 aromatic rings. The third-order valence-electron chi connectivity index (χ3n) is 6.89. The molecule has 5 heteroatoms. The highest BCUT2D eigenvalue weighted by atomic mass is 16.5. The first-order valence-electron chi connectivity index (χ1n) is 12.6. The summed E-state index contributed by atoms with van der Waals surface area (Å²) in [6.45, 7) is 4.53. The number of aliphatic hydroxyl groups excluding tert-OH is 1. The van der Waals surface area contributed by atoms with Crippen molar-refractivity contribution in [3.8, 4) is 5.75 Å². The number of piperazine rings is 1. The van der Waals surface area contributed by atoms with Gasteiger partial charge in [-0.15, -0.1) is 0 Å². The molecule has 2 atom stereocenters. The van der Waals surface area contributed by atoms with Gasteiger partial charge >= 0.3 is 0 Å². The van der Waals surface area contributed by atoms with Crippen molar-refractivity contribution >= 4 is 16.5 Å². The van der Waals surface area contributed by atoms with Crippen molar-refractivity contribution in [3.05, 3.63) is 108 Å². The van der Waals surface area contributed by atoms with Gasteiger partial charge in [-0.3, -0.25) is 4.90 Å². The molecule has 36 heavy (non-hydrogen) atoms. The Morgan fingerprint density at radius 3 is 2.28 bits per heavy atom. The zero-order valence-electron chi connectivity index (χ0n) is 20.8. The van der Waals surface area contributed by atoms with E-state index in [0.717, 1.165) is 43.1 Å². The predicted octanol–water partition coefficient (Wildman–Crippen LogP) is 5.14. The van der Waals surface area contributed by atoms with Crippen LogP contribution in [-0.2, 0) is 4.74 Å². The summed E-state index contributed by atoms with van der Waals surface area (Å²) in [5.41, 5.74) is 3.37. The summed E-state index contributed by atoms with van der Waals surface area (Å²) in [7, 11) is 1.70. The highest BCUT2D eigenvalue weighted by Crippen LogP contribution is 2.29. The number of hydrogen-bond donors (Lipinski definition) is 1. The average Bonchev–Trinajstić information content (AvgIpc) is 2.94. The molecule has 0 radical (unpaired) electrons. The smallest absolute Gasteiger partial charge is 0.120 e. The number of aliphatic hydroxyl groups is 1. The first kappa shape index (κ1) is 24.3. The zero-order chi connectivity index (χ0) is 24.7. The van der Waals surface area contributed by atoms with E-state index in [2.05, 4.69) is 76.5 Å². The lowest BCUT2D eigenvalue weighted by molar-refractivity contribution is -0.00889. The molecule has 0 saturated carbocycles. The maximum absolute atomic E-state index is 10.9. The van der Waals surface area contributed by atoms with Crippen LogP contribution in [0.4, 0.5) is 5.69 Å². The second kappa shape index (κ2) is 11.6. The molecule has 5 nitrogen and oxygen atoms in total. The van der Waals surface area contributed by atoms with E-state index in [1.54, 1.807) is 7.11 Å². The molecule has 1 fully saturated rings. The molecular formula is C31H34N2O3. The number of benzene rings is 4. The minimum atomic E-state index is -0.556. The third-order valence-corrected chi connectivity index (χ3v) is 6.89. The van der Waals surface area contributed by atoms with E-state index >= 15 is 0 Å². The second-order valence-electron chi connectivity index (χ2n) is 9.37. The summed E-state index contributed by atoms with van der Waals surface area (Å²) in [5, 5.41) is 13.3. The van der Waals surface area contributed by atoms with Gasteiger partial charge in [0, 0.05) is 44.5 Å². The van der Waals surface area contributed by atoms with Gasteiger partial charge in [-0.2, -0.15) is 0 Å². The molecule has 2 unspecified atom stereocenters. The molecule has 1 saturated heterocycles. The van der Waals surface area contributed by atoms with Crippen LogP contribution >= 0.6 is 0 Å². The third kappa shape index (κ3) is 5.88. The normalized spacial score (nSPS) is 16.1. The van der Waals surface area contributed by atoms with Gasteiger partial charge in [-0.25, -0.2) is 0 Å². The Kier molecular flexibility index (Phi) is 7.82. The fourth-order valence-corrected chi connectivity index (χ4v) is 4.94. The molecule has 0 aromatic heterocycles. The summed E-state index contributed by atoms with van der Waals surface area (Å²) in [6.07, 6.45) is -0.782. The van der Waals surface area contributed by atoms with Crippen molar-refractivity contribution in [1.29, 1.82) is 0 Å². The monoisotopic (exact) mass is 482 g/mol. The highest BCUT2D eigenvalue weighted by molar-refractivity contribution is 5.83. The summed E-state index contributed by atoms with van der Waals surface area (Å²) < 4.78 is 11.7. The summed E-state index contributed by atoms with van der Waals surface area (Å²) in [5.74, 6) is 0.877. The van der Waals surface area contributed by atoms with Crippen LogP contribution in [0.3, 0.4) is 0 Å². The van der Waals surface area contributed by atoms with Gasteiger partial charge in [-0.1, -0.05) is 72.8 Å². The standard InChI is InChI=1S/C31H34N2O3/c1-35-30-13-7-12-28(21-30)33-18-16-32(17-19-33)22-29(34)23-36-31(25-9-3-2-4-10-25)27-15-14-24-8-5-6-11-26(24)20-27/h2-15,20-21,29,31,34H,16-19,22-23H2,1H3. The molecule has 5 rings (SSSR count). The molecular weight excluding hydrogens is 448 g/mol. The highest BCUT2D eigenvalue weighted by Gasteiger charge is 2.22. The van der Waals surface area contributed by atoms with Crippen LogP contribution in [-0.4, -0.2) is 62.6 Å². The van der Waals surface area contributed by atoms with E-state index in [0.29, 0.717) is 6.54 Å². The van der Waals surface area contributed by atoms with Crippen LogP contribution in [0.5, 0.6) is 5.75 Å². The van der Waals surface area contributed by atoms with E-state index in [4.69, 9.17) is 9.47 Å². The van der Waals surface area contributed by atoms with Gasteiger partial charge in [-0.05, 0) is 40.1 Å². The average molecular weight is 483 g/mol. The quantitative estimate of drug-likeness (QED) is 0.358. The predicted molar refractivity (Wildman–Crippen MR) is 146 cm³/mol. The number of nitrogens with zero attached hydrogens (tertiary/aromatic N) is 2. The van der Waals surface area contributed by atoms with Crippen LogP contribution in [0.15, 0.2) is 97.1 Å². The number of hydrogen-bond acceptors (Lipinski definition) is 5. The van der Waals surface area contributed by atoms with Crippen molar-refractivity contribution in [2.24, 2.45) is 0 Å². The SMILES string of the molecule is COc1cccc(N2CCN(CC(O)COC(c3ccccc3)c3ccc4ccccc4c3)CC2)c1. The summed E-state index contributed by atoms with van der Waals surface area (Å²) in [4.78, 5) is 4.69. The first-order valence-corrected chi connectivity index (χ1v) is 12.6. The molecule has 186 valence electrons. The zero-order valence-corrected chi connectivity index (χ0v) is 20.8. The first-order chi connectivity index (χ1) is 17.7. The van der Waals surface area contributed by atoms with E-state index in [9.17, 15) is 5.11 Å². The van der Waals surface area contributed by atoms with E-state index in [1.165, 1.54) is 16.5 Å². The van der Waals surface area contributed by atoms with Crippen molar-refractivity contribution in [1.82, 2.24) is 4.90 Å². The maximum Gasteiger partial charge on any atom is 0.120 e. The molecule has 0 amide bonds. The largest absolute Gasteiger partial charge is 0.497 e. The molecule has 0 aliphatic carbocycles. The van der Waals surface area contributed by atoms with Gasteiger partial charge in [0.05, 0.1) is 19.8 Å². The van der Waals surface area contributed by atoms with E-state index < -0.39 is 6.10 Å². The van der Waals surface area contributed by atoms with Crippen molar-refractivity contribution in [3.63, 3.8) is 0 Å². The summed E-state index contributed by atoms with van der Waals surface area (Å²) in [6, 6.07) is 33.3. The van der Waals surface area contributed by atoms with Crippen molar-refractivity contribution in [2.45, 2.75) is 12.2 Å². The number of rotatable bonds is 9. The minimum Gasteiger partial charge on any atom is -0.497 e. The Morgan fingerprint density at radius 2 is 1.50 bits per heavy atom. The number of fused-ring (bicyclic) bond motifs is 1. The van der Waals surface area contributed by atoms with Crippen LogP contribution in [0.25, 0.3) is 10.8 Å². The van der Waals surface area contributed by atoms with Gasteiger partial charge in [0.25, 0.3) is 0 Å². The fraction of sp³-hybridized carbons (Fsp3) is 0.290. The molecule has 4 aromatic carbocycles. The van der Waals surface area contributed by atoms with E-state index in [1.807, 2.05) is 30.3 Å². The Bertz CT molecular complexity index is 1250. The van der Waals surface area contributed by atoms with Crippen molar-refractivity contribution < 1.29 is 14.6 Å². The van der Waals surface area contributed by atoms with Gasteiger partial charge < -0.3 is 19.5 Å². The molecule has 0 spiro atoms. The second-order valence-corrected chi connectivity index (χ2v) is 9.37. The van der Waals surface area contributed by atoms with Crippen LogP contribution in [0.1, 0.15) is 17.2 Å². The molecule has 1 aliphatic rings. The van der Waals surface area contributed by atoms with Gasteiger partial charge in [0.2, 0.25) is 0 Å². The summed E-state index contributed by atoms with van der Waals surface area (Å²) >= 11 is 0. The minimum absolute atomic E-state index is 0.227. The molecule has 1 heterocycles. The number of ether oxygens (including phenoxy) is 2. The molecule has 1 aliphatic heterocycles. The lowest BCUT2D eigenvalue weighted by Gasteiger charge is -2.37. The Hall–Kier alpha value is -3.38. The van der Waals surface area contributed by atoms with Gasteiger partial charge in [0.1, 0.15) is 11.9 Å². The molecule has 0 bridgehead atoms. The maximum atomic E-state index is 10.9. The van der Waals surface area contributed by atoms with Crippen LogP contribution in [0, 0.1) is 0 Å². The van der Waals surface area contributed by atoms with Gasteiger partial charge in [0.15, 0.2) is 0 Å². The Balaban J connectivity index is 1.19. The van der Waals surface area contributed by atoms with E-state index in [-0.39, 0.29) is 12.7 Å². The van der Waals surface area contributed by atoms with Crippen LogP contribution in [0.2, 0.25) is 0 Å². The van der Waals surface area contributed by atoms with Crippen molar-refractivity contribution in [2.75, 3.05) is 51.3 Å². The molecule has 1 N–H and O–H groups in total.